The second-order valence-corrected chi connectivity index (χ2v) is 3.36. The first-order valence-corrected chi connectivity index (χ1v) is 5.27. The SMILES string of the molecule is CCOc1cc(-c2cnc(N)o2)ccc1OC. The van der Waals surface area contributed by atoms with Crippen molar-refractivity contribution in [2.75, 3.05) is 19.5 Å². The fraction of sp³-hybridized carbons (Fsp3) is 0.250. The first kappa shape index (κ1) is 11.3. The number of nitrogen functional groups attached to an aromatic ring is 1. The first-order chi connectivity index (χ1) is 8.24. The van der Waals surface area contributed by atoms with Crippen molar-refractivity contribution in [1.82, 2.24) is 4.98 Å². The minimum atomic E-state index is 0.147. The van der Waals surface area contributed by atoms with Crippen molar-refractivity contribution in [3.8, 4) is 22.8 Å². The van der Waals surface area contributed by atoms with E-state index in [0.717, 1.165) is 5.56 Å². The van der Waals surface area contributed by atoms with Gasteiger partial charge in [0.1, 0.15) is 0 Å². The molecule has 0 aliphatic carbocycles. The van der Waals surface area contributed by atoms with Crippen molar-refractivity contribution in [3.05, 3.63) is 24.4 Å². The molecule has 2 rings (SSSR count). The van der Waals surface area contributed by atoms with E-state index in [1.54, 1.807) is 13.3 Å². The zero-order chi connectivity index (χ0) is 12.3. The van der Waals surface area contributed by atoms with Crippen LogP contribution in [0.2, 0.25) is 0 Å². The third kappa shape index (κ3) is 2.33. The predicted molar refractivity (Wildman–Crippen MR) is 64.1 cm³/mol. The zero-order valence-corrected chi connectivity index (χ0v) is 9.77. The van der Waals surface area contributed by atoms with Crippen LogP contribution in [0.4, 0.5) is 6.01 Å². The molecule has 0 unspecified atom stereocenters. The smallest absolute Gasteiger partial charge is 0.292 e. The maximum atomic E-state index is 5.48. The quantitative estimate of drug-likeness (QED) is 0.879. The molecule has 90 valence electrons. The highest BCUT2D eigenvalue weighted by molar-refractivity contribution is 5.62. The molecule has 1 heterocycles. The maximum Gasteiger partial charge on any atom is 0.292 e. The number of rotatable bonds is 4. The average Bonchev–Trinajstić information content (AvgIpc) is 2.76. The van der Waals surface area contributed by atoms with E-state index in [0.29, 0.717) is 23.9 Å². The van der Waals surface area contributed by atoms with E-state index < -0.39 is 0 Å². The largest absolute Gasteiger partial charge is 0.493 e. The number of ether oxygens (including phenoxy) is 2. The Kier molecular flexibility index (Phi) is 3.18. The molecule has 0 saturated heterocycles. The summed E-state index contributed by atoms with van der Waals surface area (Å²) in [7, 11) is 1.60. The number of methoxy groups -OCH3 is 1. The van der Waals surface area contributed by atoms with Crippen LogP contribution in [0.3, 0.4) is 0 Å². The standard InChI is InChI=1S/C12H14N2O3/c1-3-16-10-6-8(4-5-9(10)15-2)11-7-14-12(13)17-11/h4-7H,3H2,1-2H3,(H2,13,14). The van der Waals surface area contributed by atoms with Crippen LogP contribution < -0.4 is 15.2 Å². The predicted octanol–water partition coefficient (Wildman–Crippen LogP) is 2.33. The summed E-state index contributed by atoms with van der Waals surface area (Å²) in [6, 6.07) is 5.66. The van der Waals surface area contributed by atoms with Gasteiger partial charge in [0, 0.05) is 5.56 Å². The molecule has 1 aromatic carbocycles. The third-order valence-corrected chi connectivity index (χ3v) is 2.27. The summed E-state index contributed by atoms with van der Waals surface area (Å²) in [6.07, 6.45) is 1.58. The van der Waals surface area contributed by atoms with Crippen molar-refractivity contribution in [2.24, 2.45) is 0 Å². The molecule has 0 fully saturated rings. The highest BCUT2D eigenvalue weighted by atomic mass is 16.5. The molecule has 1 aromatic heterocycles. The van der Waals surface area contributed by atoms with Gasteiger partial charge < -0.3 is 19.6 Å². The number of anilines is 1. The summed E-state index contributed by atoms with van der Waals surface area (Å²) in [5.74, 6) is 1.96. The highest BCUT2D eigenvalue weighted by Gasteiger charge is 2.09. The molecule has 0 spiro atoms. The third-order valence-electron chi connectivity index (χ3n) is 2.27. The molecule has 0 radical (unpaired) electrons. The number of oxazole rings is 1. The Hall–Kier alpha value is -2.17. The molecule has 0 amide bonds. The molecular weight excluding hydrogens is 220 g/mol. The normalized spacial score (nSPS) is 10.2. The fourth-order valence-corrected chi connectivity index (χ4v) is 1.52. The van der Waals surface area contributed by atoms with E-state index in [4.69, 9.17) is 19.6 Å². The Labute approximate surface area is 99.2 Å². The molecule has 5 heteroatoms. The van der Waals surface area contributed by atoms with E-state index in [1.807, 2.05) is 25.1 Å². The van der Waals surface area contributed by atoms with E-state index in [2.05, 4.69) is 4.98 Å². The highest BCUT2D eigenvalue weighted by Crippen LogP contribution is 2.32. The Morgan fingerprint density at radius 2 is 2.18 bits per heavy atom. The monoisotopic (exact) mass is 234 g/mol. The first-order valence-electron chi connectivity index (χ1n) is 5.27. The van der Waals surface area contributed by atoms with Gasteiger partial charge in [-0.05, 0) is 25.1 Å². The van der Waals surface area contributed by atoms with Crippen LogP contribution >= 0.6 is 0 Å². The van der Waals surface area contributed by atoms with Gasteiger partial charge in [0.25, 0.3) is 6.01 Å². The Morgan fingerprint density at radius 3 is 2.76 bits per heavy atom. The summed E-state index contributed by atoms with van der Waals surface area (Å²) in [5.41, 5.74) is 6.28. The van der Waals surface area contributed by atoms with Gasteiger partial charge in [-0.25, -0.2) is 4.98 Å². The summed E-state index contributed by atoms with van der Waals surface area (Å²) >= 11 is 0. The van der Waals surface area contributed by atoms with Gasteiger partial charge >= 0.3 is 0 Å². The summed E-state index contributed by atoms with van der Waals surface area (Å²) < 4.78 is 15.9. The van der Waals surface area contributed by atoms with Crippen molar-refractivity contribution in [3.63, 3.8) is 0 Å². The van der Waals surface area contributed by atoms with Crippen molar-refractivity contribution in [1.29, 1.82) is 0 Å². The Bertz CT molecular complexity index is 508. The van der Waals surface area contributed by atoms with Crippen molar-refractivity contribution in [2.45, 2.75) is 6.92 Å². The minimum Gasteiger partial charge on any atom is -0.493 e. The number of aromatic nitrogens is 1. The topological polar surface area (TPSA) is 70.5 Å². The molecule has 0 aliphatic heterocycles. The van der Waals surface area contributed by atoms with Crippen LogP contribution in [-0.4, -0.2) is 18.7 Å². The fourth-order valence-electron chi connectivity index (χ4n) is 1.52. The second-order valence-electron chi connectivity index (χ2n) is 3.36. The van der Waals surface area contributed by atoms with Gasteiger partial charge in [0.15, 0.2) is 17.3 Å². The molecule has 2 aromatic rings. The average molecular weight is 234 g/mol. The van der Waals surface area contributed by atoms with Crippen LogP contribution in [-0.2, 0) is 0 Å². The number of hydrogen-bond donors (Lipinski definition) is 1. The molecule has 5 nitrogen and oxygen atoms in total. The van der Waals surface area contributed by atoms with E-state index in [9.17, 15) is 0 Å². The molecule has 2 N–H and O–H groups in total. The van der Waals surface area contributed by atoms with Gasteiger partial charge in [0.05, 0.1) is 19.9 Å². The number of nitrogens with zero attached hydrogens (tertiary/aromatic N) is 1. The molecule has 0 bridgehead atoms. The van der Waals surface area contributed by atoms with E-state index >= 15 is 0 Å². The zero-order valence-electron chi connectivity index (χ0n) is 9.77. The summed E-state index contributed by atoms with van der Waals surface area (Å²) in [4.78, 5) is 3.85. The van der Waals surface area contributed by atoms with Crippen LogP contribution in [0.5, 0.6) is 11.5 Å². The molecular formula is C12H14N2O3. The molecule has 0 aliphatic rings. The van der Waals surface area contributed by atoms with Crippen LogP contribution in [0.25, 0.3) is 11.3 Å². The van der Waals surface area contributed by atoms with Gasteiger partial charge in [-0.15, -0.1) is 0 Å². The lowest BCUT2D eigenvalue weighted by atomic mass is 10.1. The Morgan fingerprint density at radius 1 is 1.35 bits per heavy atom. The minimum absolute atomic E-state index is 0.147. The molecule has 17 heavy (non-hydrogen) atoms. The second kappa shape index (κ2) is 4.78. The van der Waals surface area contributed by atoms with E-state index in [-0.39, 0.29) is 6.01 Å². The lowest BCUT2D eigenvalue weighted by Crippen LogP contribution is -1.95. The number of benzene rings is 1. The lowest BCUT2D eigenvalue weighted by Gasteiger charge is -2.09. The Balaban J connectivity index is 2.39. The molecule has 0 atom stereocenters. The number of hydrogen-bond acceptors (Lipinski definition) is 5. The van der Waals surface area contributed by atoms with Crippen LogP contribution in [0, 0.1) is 0 Å². The van der Waals surface area contributed by atoms with Gasteiger partial charge in [-0.2, -0.15) is 0 Å². The summed E-state index contributed by atoms with van der Waals surface area (Å²) in [6.45, 7) is 2.48. The van der Waals surface area contributed by atoms with Crippen molar-refractivity contribution >= 4 is 6.01 Å². The molecule has 0 saturated carbocycles. The van der Waals surface area contributed by atoms with Gasteiger partial charge in [-0.1, -0.05) is 0 Å². The van der Waals surface area contributed by atoms with Crippen molar-refractivity contribution < 1.29 is 13.9 Å². The van der Waals surface area contributed by atoms with E-state index in [1.165, 1.54) is 0 Å². The van der Waals surface area contributed by atoms with Gasteiger partial charge in [-0.3, -0.25) is 0 Å². The van der Waals surface area contributed by atoms with Crippen LogP contribution in [0.1, 0.15) is 6.92 Å². The number of nitrogens with two attached hydrogens (primary N) is 1. The van der Waals surface area contributed by atoms with Gasteiger partial charge in [0.2, 0.25) is 0 Å². The van der Waals surface area contributed by atoms with Crippen LogP contribution in [0.15, 0.2) is 28.8 Å². The maximum absolute atomic E-state index is 5.48. The summed E-state index contributed by atoms with van der Waals surface area (Å²) in [5, 5.41) is 0. The lowest BCUT2D eigenvalue weighted by molar-refractivity contribution is 0.311.